The van der Waals surface area contributed by atoms with Gasteiger partial charge in [-0.2, -0.15) is 0 Å². The standard InChI is InChI=1S/C10H12Cl2N2/c1-14(7-2-3-7)10-8(11)4-6(13)5-9(10)12/h4-5,7H,2-3,13H2,1H3. The van der Waals surface area contributed by atoms with E-state index in [2.05, 4.69) is 4.90 Å². The first-order valence-electron chi connectivity index (χ1n) is 4.57. The Morgan fingerprint density at radius 2 is 1.79 bits per heavy atom. The van der Waals surface area contributed by atoms with Gasteiger partial charge in [-0.3, -0.25) is 0 Å². The van der Waals surface area contributed by atoms with Crippen LogP contribution in [-0.2, 0) is 0 Å². The van der Waals surface area contributed by atoms with Crippen LogP contribution in [0.1, 0.15) is 12.8 Å². The number of halogens is 2. The van der Waals surface area contributed by atoms with Gasteiger partial charge in [0.2, 0.25) is 0 Å². The topological polar surface area (TPSA) is 29.3 Å². The molecule has 1 fully saturated rings. The highest BCUT2D eigenvalue weighted by Gasteiger charge is 2.28. The maximum Gasteiger partial charge on any atom is 0.0746 e. The average molecular weight is 231 g/mol. The smallest absolute Gasteiger partial charge is 0.0746 e. The third-order valence-corrected chi connectivity index (χ3v) is 3.06. The number of nitrogens with zero attached hydrogens (tertiary/aromatic N) is 1. The van der Waals surface area contributed by atoms with E-state index in [1.165, 1.54) is 12.8 Å². The summed E-state index contributed by atoms with van der Waals surface area (Å²) >= 11 is 12.2. The van der Waals surface area contributed by atoms with Crippen molar-refractivity contribution in [3.63, 3.8) is 0 Å². The molecule has 1 aliphatic carbocycles. The predicted octanol–water partition coefficient (Wildman–Crippen LogP) is 3.17. The Morgan fingerprint density at radius 3 is 2.21 bits per heavy atom. The maximum absolute atomic E-state index is 6.10. The van der Waals surface area contributed by atoms with E-state index in [4.69, 9.17) is 28.9 Å². The van der Waals surface area contributed by atoms with Crippen LogP contribution in [0.2, 0.25) is 10.0 Å². The van der Waals surface area contributed by atoms with E-state index >= 15 is 0 Å². The van der Waals surface area contributed by atoms with Crippen LogP contribution >= 0.6 is 23.2 Å². The molecule has 2 rings (SSSR count). The van der Waals surface area contributed by atoms with Gasteiger partial charge in [0.1, 0.15) is 0 Å². The van der Waals surface area contributed by atoms with Crippen molar-refractivity contribution in [2.45, 2.75) is 18.9 Å². The van der Waals surface area contributed by atoms with Gasteiger partial charge in [0.25, 0.3) is 0 Å². The molecule has 0 unspecified atom stereocenters. The van der Waals surface area contributed by atoms with Crippen molar-refractivity contribution in [1.82, 2.24) is 0 Å². The summed E-state index contributed by atoms with van der Waals surface area (Å²) in [6, 6.07) is 4.07. The Balaban J connectivity index is 2.40. The van der Waals surface area contributed by atoms with Gasteiger partial charge in [-0.1, -0.05) is 23.2 Å². The largest absolute Gasteiger partial charge is 0.399 e. The zero-order valence-electron chi connectivity index (χ0n) is 7.93. The first-order chi connectivity index (χ1) is 6.59. The molecule has 0 heterocycles. The van der Waals surface area contributed by atoms with Crippen LogP contribution < -0.4 is 10.6 Å². The molecule has 4 heteroatoms. The zero-order chi connectivity index (χ0) is 10.3. The lowest BCUT2D eigenvalue weighted by atomic mass is 10.2. The number of hydrogen-bond donors (Lipinski definition) is 1. The maximum atomic E-state index is 6.10. The van der Waals surface area contributed by atoms with Gasteiger partial charge >= 0.3 is 0 Å². The number of nitrogen functional groups attached to an aromatic ring is 1. The monoisotopic (exact) mass is 230 g/mol. The fraction of sp³-hybridized carbons (Fsp3) is 0.400. The molecule has 0 atom stereocenters. The highest BCUT2D eigenvalue weighted by Crippen LogP contribution is 2.40. The van der Waals surface area contributed by atoms with Crippen LogP contribution in [-0.4, -0.2) is 13.1 Å². The quantitative estimate of drug-likeness (QED) is 0.792. The summed E-state index contributed by atoms with van der Waals surface area (Å²) < 4.78 is 0. The van der Waals surface area contributed by atoms with Crippen LogP contribution in [0, 0.1) is 0 Å². The number of benzene rings is 1. The lowest BCUT2D eigenvalue weighted by molar-refractivity contribution is 0.917. The molecule has 1 aromatic carbocycles. The molecule has 0 bridgehead atoms. The molecular formula is C10H12Cl2N2. The number of anilines is 2. The Labute approximate surface area is 93.6 Å². The molecule has 1 aliphatic rings. The van der Waals surface area contributed by atoms with Gasteiger partial charge < -0.3 is 10.6 Å². The number of nitrogens with two attached hydrogens (primary N) is 1. The van der Waals surface area contributed by atoms with Crippen LogP contribution in [0.5, 0.6) is 0 Å². The van der Waals surface area contributed by atoms with Gasteiger partial charge in [0.15, 0.2) is 0 Å². The first kappa shape index (κ1) is 9.94. The third kappa shape index (κ3) is 1.77. The van der Waals surface area contributed by atoms with Gasteiger partial charge in [0.05, 0.1) is 15.7 Å². The molecule has 14 heavy (non-hydrogen) atoms. The molecule has 2 N–H and O–H groups in total. The summed E-state index contributed by atoms with van der Waals surface area (Å²) in [5, 5.41) is 1.26. The highest BCUT2D eigenvalue weighted by atomic mass is 35.5. The Hall–Kier alpha value is -0.600. The molecule has 0 saturated heterocycles. The summed E-state index contributed by atoms with van der Waals surface area (Å²) in [4.78, 5) is 2.13. The lowest BCUT2D eigenvalue weighted by Gasteiger charge is -2.21. The molecule has 76 valence electrons. The summed E-state index contributed by atoms with van der Waals surface area (Å²) in [7, 11) is 2.01. The van der Waals surface area contributed by atoms with Crippen LogP contribution in [0.15, 0.2) is 12.1 Å². The molecule has 0 aliphatic heterocycles. The SMILES string of the molecule is CN(c1c(Cl)cc(N)cc1Cl)C1CC1. The summed E-state index contributed by atoms with van der Waals surface area (Å²) in [5.41, 5.74) is 7.13. The molecular weight excluding hydrogens is 219 g/mol. The van der Waals surface area contributed by atoms with Gasteiger partial charge in [-0.25, -0.2) is 0 Å². The van der Waals surface area contributed by atoms with Crippen LogP contribution in [0.25, 0.3) is 0 Å². The number of rotatable bonds is 2. The van der Waals surface area contributed by atoms with Crippen LogP contribution in [0.3, 0.4) is 0 Å². The minimum absolute atomic E-state index is 0.591. The van der Waals surface area contributed by atoms with E-state index in [1.807, 2.05) is 7.05 Å². The molecule has 0 amide bonds. The second-order valence-electron chi connectivity index (χ2n) is 3.68. The second kappa shape index (κ2) is 3.52. The lowest BCUT2D eigenvalue weighted by Crippen LogP contribution is -2.20. The van der Waals surface area contributed by atoms with Crippen molar-refractivity contribution in [2.24, 2.45) is 0 Å². The fourth-order valence-electron chi connectivity index (χ4n) is 1.57. The number of hydrogen-bond acceptors (Lipinski definition) is 2. The first-order valence-corrected chi connectivity index (χ1v) is 5.32. The third-order valence-electron chi connectivity index (χ3n) is 2.49. The van der Waals surface area contributed by atoms with Crippen molar-refractivity contribution < 1.29 is 0 Å². The highest BCUT2D eigenvalue weighted by molar-refractivity contribution is 6.39. The van der Waals surface area contributed by atoms with Crippen LogP contribution in [0.4, 0.5) is 11.4 Å². The minimum atomic E-state index is 0.591. The fourth-order valence-corrected chi connectivity index (χ4v) is 2.34. The van der Waals surface area contributed by atoms with E-state index in [1.54, 1.807) is 12.1 Å². The van der Waals surface area contributed by atoms with Gasteiger partial charge in [-0.15, -0.1) is 0 Å². The second-order valence-corrected chi connectivity index (χ2v) is 4.49. The molecule has 1 aromatic rings. The van der Waals surface area contributed by atoms with Crippen molar-refractivity contribution in [3.05, 3.63) is 22.2 Å². The van der Waals surface area contributed by atoms with Crippen molar-refractivity contribution in [2.75, 3.05) is 17.7 Å². The van der Waals surface area contributed by atoms with E-state index in [9.17, 15) is 0 Å². The van der Waals surface area contributed by atoms with Gasteiger partial charge in [-0.05, 0) is 25.0 Å². The minimum Gasteiger partial charge on any atom is -0.399 e. The van der Waals surface area contributed by atoms with Crippen molar-refractivity contribution >= 4 is 34.6 Å². The molecule has 0 aromatic heterocycles. The molecule has 0 radical (unpaired) electrons. The Bertz CT molecular complexity index is 338. The normalized spacial score (nSPS) is 15.6. The van der Waals surface area contributed by atoms with E-state index in [0.29, 0.717) is 21.8 Å². The van der Waals surface area contributed by atoms with Gasteiger partial charge in [0, 0.05) is 18.8 Å². The Kier molecular flexibility index (Phi) is 2.50. The van der Waals surface area contributed by atoms with E-state index in [-0.39, 0.29) is 0 Å². The Morgan fingerprint density at radius 1 is 1.29 bits per heavy atom. The van der Waals surface area contributed by atoms with E-state index in [0.717, 1.165) is 5.69 Å². The summed E-state index contributed by atoms with van der Waals surface area (Å²) in [6.07, 6.45) is 2.43. The zero-order valence-corrected chi connectivity index (χ0v) is 9.44. The van der Waals surface area contributed by atoms with Crippen molar-refractivity contribution in [1.29, 1.82) is 0 Å². The summed E-state index contributed by atoms with van der Waals surface area (Å²) in [6.45, 7) is 0. The molecule has 1 saturated carbocycles. The average Bonchev–Trinajstić information content (AvgIpc) is 2.83. The van der Waals surface area contributed by atoms with Crippen molar-refractivity contribution in [3.8, 4) is 0 Å². The summed E-state index contributed by atoms with van der Waals surface area (Å²) in [5.74, 6) is 0. The molecule has 0 spiro atoms. The van der Waals surface area contributed by atoms with E-state index < -0.39 is 0 Å². The molecule has 2 nitrogen and oxygen atoms in total. The predicted molar refractivity (Wildman–Crippen MR) is 62.3 cm³/mol.